The highest BCUT2D eigenvalue weighted by Crippen LogP contribution is 2.27. The van der Waals surface area contributed by atoms with Gasteiger partial charge in [-0.05, 0) is 93.2 Å². The van der Waals surface area contributed by atoms with Crippen molar-refractivity contribution >= 4 is 11.6 Å². The fourth-order valence-electron chi connectivity index (χ4n) is 4.90. The van der Waals surface area contributed by atoms with Crippen molar-refractivity contribution in [2.75, 3.05) is 18.4 Å². The zero-order valence-electron chi connectivity index (χ0n) is 23.0. The van der Waals surface area contributed by atoms with Gasteiger partial charge in [-0.1, -0.05) is 13.0 Å². The summed E-state index contributed by atoms with van der Waals surface area (Å²) in [6, 6.07) is 15.7. The van der Waals surface area contributed by atoms with Gasteiger partial charge in [0.05, 0.1) is 18.2 Å². The zero-order chi connectivity index (χ0) is 27.5. The fourth-order valence-corrected chi connectivity index (χ4v) is 4.90. The number of carbonyl (C=O) groups is 1. The molecule has 39 heavy (non-hydrogen) atoms. The first-order valence-electron chi connectivity index (χ1n) is 13.4. The maximum atomic E-state index is 13.4. The van der Waals surface area contributed by atoms with E-state index >= 15 is 0 Å². The van der Waals surface area contributed by atoms with Gasteiger partial charge in [0.2, 0.25) is 0 Å². The monoisotopic (exact) mass is 524 g/mol. The normalized spacial score (nSPS) is 17.7. The highest BCUT2D eigenvalue weighted by atomic mass is 16.5. The lowest BCUT2D eigenvalue weighted by Crippen LogP contribution is -2.45. The number of ether oxygens (including phenoxy) is 1. The van der Waals surface area contributed by atoms with Crippen molar-refractivity contribution in [3.05, 3.63) is 95.3 Å². The quantitative estimate of drug-likeness (QED) is 0.336. The minimum absolute atomic E-state index is 0.204. The molecule has 5 rings (SSSR count). The molecule has 3 N–H and O–H groups in total. The SMILES string of the molecule is Cc1ccc(Oc2cc(C(=O)Nc3cc(CN4CCC(N)C(C)C4)cc(-n4cnc(C)c4)c3)ccc2C)cn1. The highest BCUT2D eigenvalue weighted by molar-refractivity contribution is 6.04. The number of imidazole rings is 1. The third-order valence-electron chi connectivity index (χ3n) is 7.27. The Labute approximate surface area is 229 Å². The number of nitrogens with two attached hydrogens (primary N) is 1. The first kappa shape index (κ1) is 26.6. The number of benzene rings is 2. The van der Waals surface area contributed by atoms with Gasteiger partial charge in [-0.2, -0.15) is 0 Å². The lowest BCUT2D eigenvalue weighted by Gasteiger charge is -2.35. The molecule has 0 radical (unpaired) electrons. The summed E-state index contributed by atoms with van der Waals surface area (Å²) in [7, 11) is 0. The summed E-state index contributed by atoms with van der Waals surface area (Å²) in [6.07, 6.45) is 6.45. The summed E-state index contributed by atoms with van der Waals surface area (Å²) in [5, 5.41) is 3.11. The Bertz CT molecular complexity index is 1460. The Morgan fingerprint density at radius 1 is 1.08 bits per heavy atom. The van der Waals surface area contributed by atoms with E-state index in [1.165, 1.54) is 0 Å². The largest absolute Gasteiger partial charge is 0.455 e. The number of pyridine rings is 1. The fraction of sp³-hybridized carbons (Fsp3) is 0.323. The smallest absolute Gasteiger partial charge is 0.255 e. The summed E-state index contributed by atoms with van der Waals surface area (Å²) in [4.78, 5) is 24.5. The molecule has 3 heterocycles. The van der Waals surface area contributed by atoms with Gasteiger partial charge in [-0.3, -0.25) is 14.7 Å². The number of piperidine rings is 1. The minimum atomic E-state index is -0.204. The Balaban J connectivity index is 1.39. The van der Waals surface area contributed by atoms with Crippen molar-refractivity contribution < 1.29 is 9.53 Å². The molecule has 8 nitrogen and oxygen atoms in total. The van der Waals surface area contributed by atoms with Gasteiger partial charge in [0.15, 0.2) is 0 Å². The number of rotatable bonds is 7. The summed E-state index contributed by atoms with van der Waals surface area (Å²) < 4.78 is 8.02. The van der Waals surface area contributed by atoms with Crippen molar-refractivity contribution in [1.29, 1.82) is 0 Å². The number of nitrogens with one attached hydrogen (secondary N) is 1. The van der Waals surface area contributed by atoms with E-state index in [4.69, 9.17) is 10.5 Å². The Hall–Kier alpha value is -4.01. The average Bonchev–Trinajstić information content (AvgIpc) is 3.35. The van der Waals surface area contributed by atoms with Crippen LogP contribution in [0, 0.1) is 26.7 Å². The van der Waals surface area contributed by atoms with Crippen LogP contribution in [0.1, 0.15) is 46.2 Å². The number of amides is 1. The lowest BCUT2D eigenvalue weighted by atomic mass is 9.94. The third-order valence-corrected chi connectivity index (χ3v) is 7.27. The van der Waals surface area contributed by atoms with Gasteiger partial charge in [-0.25, -0.2) is 4.98 Å². The summed E-state index contributed by atoms with van der Waals surface area (Å²) in [5.74, 6) is 1.49. The first-order chi connectivity index (χ1) is 18.7. The van der Waals surface area contributed by atoms with Crippen molar-refractivity contribution in [2.24, 2.45) is 11.7 Å². The molecule has 202 valence electrons. The molecule has 2 aromatic heterocycles. The molecule has 2 aromatic carbocycles. The molecule has 0 spiro atoms. The molecule has 0 bridgehead atoms. The van der Waals surface area contributed by atoms with Crippen LogP contribution >= 0.6 is 0 Å². The first-order valence-corrected chi connectivity index (χ1v) is 13.4. The van der Waals surface area contributed by atoms with Gasteiger partial charge >= 0.3 is 0 Å². The number of hydrogen-bond acceptors (Lipinski definition) is 6. The van der Waals surface area contributed by atoms with E-state index in [1.54, 1.807) is 18.6 Å². The molecule has 1 aliphatic heterocycles. The van der Waals surface area contributed by atoms with Crippen LogP contribution in [0.2, 0.25) is 0 Å². The van der Waals surface area contributed by atoms with Crippen LogP contribution in [0.15, 0.2) is 67.3 Å². The number of anilines is 1. The number of carbonyl (C=O) groups excluding carboxylic acids is 1. The molecule has 1 amide bonds. The number of aryl methyl sites for hydroxylation is 3. The summed E-state index contributed by atoms with van der Waals surface area (Å²) >= 11 is 0. The molecule has 1 aliphatic rings. The molecule has 4 aromatic rings. The Morgan fingerprint density at radius 3 is 2.64 bits per heavy atom. The van der Waals surface area contributed by atoms with E-state index < -0.39 is 0 Å². The zero-order valence-corrected chi connectivity index (χ0v) is 23.0. The van der Waals surface area contributed by atoms with Crippen LogP contribution in [0.5, 0.6) is 11.5 Å². The average molecular weight is 525 g/mol. The highest BCUT2D eigenvalue weighted by Gasteiger charge is 2.23. The molecule has 0 aliphatic carbocycles. The maximum Gasteiger partial charge on any atom is 0.255 e. The van der Waals surface area contributed by atoms with E-state index in [-0.39, 0.29) is 11.9 Å². The van der Waals surface area contributed by atoms with Crippen LogP contribution < -0.4 is 15.8 Å². The topological polar surface area (TPSA) is 98.3 Å². The van der Waals surface area contributed by atoms with E-state index in [1.807, 2.05) is 67.9 Å². The molecule has 8 heteroatoms. The number of aromatic nitrogens is 3. The molecular weight excluding hydrogens is 488 g/mol. The van der Waals surface area contributed by atoms with Crippen LogP contribution in [-0.2, 0) is 6.54 Å². The Kier molecular flexibility index (Phi) is 7.77. The van der Waals surface area contributed by atoms with E-state index in [9.17, 15) is 4.79 Å². The van der Waals surface area contributed by atoms with Crippen LogP contribution in [-0.4, -0.2) is 44.5 Å². The molecule has 1 saturated heterocycles. The second-order valence-electron chi connectivity index (χ2n) is 10.6. The predicted molar refractivity (Wildman–Crippen MR) is 154 cm³/mol. The van der Waals surface area contributed by atoms with Crippen LogP contribution in [0.25, 0.3) is 5.69 Å². The lowest BCUT2D eigenvalue weighted by molar-refractivity contribution is 0.102. The number of likely N-dealkylation sites (tertiary alicyclic amines) is 1. The molecular formula is C31H36N6O2. The predicted octanol–water partition coefficient (Wildman–Crippen LogP) is 5.41. The van der Waals surface area contributed by atoms with Crippen molar-refractivity contribution in [1.82, 2.24) is 19.4 Å². The van der Waals surface area contributed by atoms with Gasteiger partial charge in [0.1, 0.15) is 11.5 Å². The van der Waals surface area contributed by atoms with Gasteiger partial charge in [0.25, 0.3) is 5.91 Å². The van der Waals surface area contributed by atoms with Crippen molar-refractivity contribution in [3.8, 4) is 17.2 Å². The Morgan fingerprint density at radius 2 is 1.92 bits per heavy atom. The minimum Gasteiger partial charge on any atom is -0.455 e. The van der Waals surface area contributed by atoms with Gasteiger partial charge < -0.3 is 20.4 Å². The second-order valence-corrected chi connectivity index (χ2v) is 10.6. The third kappa shape index (κ3) is 6.53. The number of hydrogen-bond donors (Lipinski definition) is 2. The van der Waals surface area contributed by atoms with Gasteiger partial charge in [-0.15, -0.1) is 0 Å². The van der Waals surface area contributed by atoms with Gasteiger partial charge in [0, 0.05) is 48.0 Å². The van der Waals surface area contributed by atoms with Crippen LogP contribution in [0.3, 0.4) is 0 Å². The van der Waals surface area contributed by atoms with E-state index in [2.05, 4.69) is 33.2 Å². The van der Waals surface area contributed by atoms with Crippen LogP contribution in [0.4, 0.5) is 5.69 Å². The summed E-state index contributed by atoms with van der Waals surface area (Å²) in [6.45, 7) is 10.8. The maximum absolute atomic E-state index is 13.4. The molecule has 0 saturated carbocycles. The van der Waals surface area contributed by atoms with E-state index in [0.717, 1.165) is 59.9 Å². The van der Waals surface area contributed by atoms with Crippen molar-refractivity contribution in [3.63, 3.8) is 0 Å². The molecule has 1 fully saturated rings. The molecule has 2 unspecified atom stereocenters. The summed E-state index contributed by atoms with van der Waals surface area (Å²) in [5.41, 5.74) is 12.3. The van der Waals surface area contributed by atoms with E-state index in [0.29, 0.717) is 23.0 Å². The second kappa shape index (κ2) is 11.4. The standard InChI is InChI=1S/C31H36N6O2/c1-20-5-7-25(13-30(20)39-28-8-6-22(3)33-15-28)31(38)35-26-11-24(18-36-10-9-29(32)21(2)16-36)12-27(14-26)37-17-23(4)34-19-37/h5-8,11-15,17,19,21,29H,9-10,16,18,32H2,1-4H3,(H,35,38). The number of nitrogens with zero attached hydrogens (tertiary/aromatic N) is 4. The molecule has 2 atom stereocenters. The van der Waals surface area contributed by atoms with Crippen molar-refractivity contribution in [2.45, 2.75) is 46.7 Å².